The third-order valence-corrected chi connectivity index (χ3v) is 8.48. The summed E-state index contributed by atoms with van der Waals surface area (Å²) in [6.45, 7) is 7.70. The van der Waals surface area contributed by atoms with E-state index in [9.17, 15) is 14.7 Å². The van der Waals surface area contributed by atoms with Crippen LogP contribution < -0.4 is 9.64 Å². The molecule has 0 aliphatic heterocycles. The SMILES string of the molecule is C=C(C)C(=O)N(c1ccc2c(n1)c(O[C@H]1CC[C@H](C(=O)O)CC1)nn2C)c1cc(C)c(I)cc1C1CC1. The van der Waals surface area contributed by atoms with Crippen LogP contribution in [0.15, 0.2) is 36.4 Å². The van der Waals surface area contributed by atoms with Gasteiger partial charge in [-0.3, -0.25) is 19.2 Å². The maximum absolute atomic E-state index is 13.5. The Balaban J connectivity index is 1.55. The molecule has 0 spiro atoms. The number of benzene rings is 1. The Morgan fingerprint density at radius 1 is 1.16 bits per heavy atom. The summed E-state index contributed by atoms with van der Waals surface area (Å²) < 4.78 is 9.16. The maximum Gasteiger partial charge on any atom is 0.306 e. The number of fused-ring (bicyclic) bond motifs is 1. The van der Waals surface area contributed by atoms with Gasteiger partial charge in [-0.05, 0) is 116 Å². The van der Waals surface area contributed by atoms with Crippen molar-refractivity contribution in [1.82, 2.24) is 14.8 Å². The second kappa shape index (κ2) is 10.1. The molecular formula is C28H31IN4O4. The summed E-state index contributed by atoms with van der Waals surface area (Å²) in [5.74, 6) is 0.0771. The standard InChI is InChI=1S/C28H31IN4O4/c1-15(2)27(34)33(23-13-16(3)21(29)14-20(23)17-5-6-17)24-12-11-22-25(30-24)26(31-32(22)4)37-19-9-7-18(8-10-19)28(35)36/h11-14,17-19H,1,5-10H2,2-4H3,(H,35,36)/t18-,19-. The highest BCUT2D eigenvalue weighted by Crippen LogP contribution is 2.47. The molecular weight excluding hydrogens is 583 g/mol. The Morgan fingerprint density at radius 2 is 1.86 bits per heavy atom. The van der Waals surface area contributed by atoms with Gasteiger partial charge in [0.2, 0.25) is 0 Å². The zero-order chi connectivity index (χ0) is 26.4. The molecule has 0 radical (unpaired) electrons. The van der Waals surface area contributed by atoms with Crippen molar-refractivity contribution in [2.45, 2.75) is 64.4 Å². The Hall–Kier alpha value is -2.95. The molecule has 2 saturated carbocycles. The van der Waals surface area contributed by atoms with E-state index < -0.39 is 5.97 Å². The highest BCUT2D eigenvalue weighted by molar-refractivity contribution is 14.1. The first-order valence-electron chi connectivity index (χ1n) is 12.7. The number of aromatic nitrogens is 3. The minimum absolute atomic E-state index is 0.118. The van der Waals surface area contributed by atoms with E-state index in [0.717, 1.165) is 35.2 Å². The summed E-state index contributed by atoms with van der Waals surface area (Å²) in [5.41, 5.74) is 4.90. The van der Waals surface area contributed by atoms with E-state index in [2.05, 4.69) is 46.4 Å². The predicted molar refractivity (Wildman–Crippen MR) is 150 cm³/mol. The number of hydrogen-bond acceptors (Lipinski definition) is 5. The van der Waals surface area contributed by atoms with Gasteiger partial charge in [0.1, 0.15) is 11.9 Å². The highest BCUT2D eigenvalue weighted by Gasteiger charge is 2.32. The van der Waals surface area contributed by atoms with E-state index in [1.165, 1.54) is 3.57 Å². The lowest BCUT2D eigenvalue weighted by atomic mass is 9.87. The molecule has 37 heavy (non-hydrogen) atoms. The Labute approximate surface area is 229 Å². The van der Waals surface area contributed by atoms with Gasteiger partial charge in [0.15, 0.2) is 5.52 Å². The smallest absolute Gasteiger partial charge is 0.306 e. The number of carbonyl (C=O) groups excluding carboxylic acids is 1. The fourth-order valence-corrected chi connectivity index (χ4v) is 5.50. The van der Waals surface area contributed by atoms with Gasteiger partial charge in [-0.25, -0.2) is 4.98 Å². The highest BCUT2D eigenvalue weighted by atomic mass is 127. The number of aryl methyl sites for hydroxylation is 2. The van der Waals surface area contributed by atoms with Gasteiger partial charge in [0.05, 0.1) is 17.1 Å². The van der Waals surface area contributed by atoms with Crippen molar-refractivity contribution in [3.63, 3.8) is 0 Å². The number of carboxylic acids is 1. The molecule has 1 aromatic carbocycles. The van der Waals surface area contributed by atoms with Crippen LogP contribution in [0, 0.1) is 16.4 Å². The lowest BCUT2D eigenvalue weighted by Crippen LogP contribution is -2.28. The van der Waals surface area contributed by atoms with Crippen LogP contribution in [0.3, 0.4) is 0 Å². The molecule has 9 heteroatoms. The lowest BCUT2D eigenvalue weighted by Gasteiger charge is -2.26. The van der Waals surface area contributed by atoms with E-state index in [1.54, 1.807) is 16.5 Å². The van der Waals surface area contributed by atoms with Crippen LogP contribution in [0.1, 0.15) is 62.5 Å². The van der Waals surface area contributed by atoms with Gasteiger partial charge in [0.25, 0.3) is 11.8 Å². The quantitative estimate of drug-likeness (QED) is 0.258. The molecule has 2 fully saturated rings. The molecule has 2 aromatic heterocycles. The zero-order valence-electron chi connectivity index (χ0n) is 21.3. The number of carboxylic acid groups (broad SMARTS) is 1. The van der Waals surface area contributed by atoms with Crippen LogP contribution in [0.25, 0.3) is 11.0 Å². The first-order chi connectivity index (χ1) is 17.6. The zero-order valence-corrected chi connectivity index (χ0v) is 23.5. The van der Waals surface area contributed by atoms with Crippen molar-refractivity contribution in [2.75, 3.05) is 4.90 Å². The number of rotatable bonds is 7. The minimum Gasteiger partial charge on any atom is -0.481 e. The molecule has 0 bridgehead atoms. The Bertz CT molecular complexity index is 1400. The first kappa shape index (κ1) is 25.7. The normalized spacial score (nSPS) is 19.6. The maximum atomic E-state index is 13.5. The number of nitrogens with zero attached hydrogens (tertiary/aromatic N) is 4. The molecule has 1 N–H and O–H groups in total. The summed E-state index contributed by atoms with van der Waals surface area (Å²) in [6, 6.07) is 8.01. The van der Waals surface area contributed by atoms with Crippen LogP contribution in [-0.4, -0.2) is 37.9 Å². The van der Waals surface area contributed by atoms with E-state index in [-0.39, 0.29) is 17.9 Å². The van der Waals surface area contributed by atoms with E-state index in [0.29, 0.717) is 54.4 Å². The molecule has 2 heterocycles. The summed E-state index contributed by atoms with van der Waals surface area (Å²) in [6.07, 6.45) is 4.58. The fraction of sp³-hybridized carbons (Fsp3) is 0.429. The molecule has 1 amide bonds. The predicted octanol–water partition coefficient (Wildman–Crippen LogP) is 6.02. The molecule has 8 nitrogen and oxygen atoms in total. The van der Waals surface area contributed by atoms with Crippen LogP contribution in [0.2, 0.25) is 0 Å². The van der Waals surface area contributed by atoms with Gasteiger partial charge >= 0.3 is 5.97 Å². The van der Waals surface area contributed by atoms with Gasteiger partial charge in [-0.2, -0.15) is 0 Å². The molecule has 2 aliphatic carbocycles. The Kier molecular flexibility index (Phi) is 6.99. The van der Waals surface area contributed by atoms with Crippen molar-refractivity contribution in [2.24, 2.45) is 13.0 Å². The van der Waals surface area contributed by atoms with Crippen LogP contribution >= 0.6 is 22.6 Å². The second-order valence-electron chi connectivity index (χ2n) is 10.3. The number of carbonyl (C=O) groups is 2. The van der Waals surface area contributed by atoms with E-state index in [4.69, 9.17) is 9.72 Å². The molecule has 5 rings (SSSR count). The number of ether oxygens (including phenoxy) is 1. The van der Waals surface area contributed by atoms with E-state index >= 15 is 0 Å². The van der Waals surface area contributed by atoms with Crippen LogP contribution in [-0.2, 0) is 16.6 Å². The average Bonchev–Trinajstić information content (AvgIpc) is 3.66. The topological polar surface area (TPSA) is 97.6 Å². The summed E-state index contributed by atoms with van der Waals surface area (Å²) in [4.78, 5) is 31.5. The molecule has 194 valence electrons. The number of amides is 1. The Morgan fingerprint density at radius 3 is 2.49 bits per heavy atom. The molecule has 0 unspecified atom stereocenters. The average molecular weight is 614 g/mol. The summed E-state index contributed by atoms with van der Waals surface area (Å²) in [7, 11) is 1.84. The number of hydrogen-bond donors (Lipinski definition) is 1. The van der Waals surface area contributed by atoms with Gasteiger partial charge in [-0.15, -0.1) is 5.10 Å². The van der Waals surface area contributed by atoms with Gasteiger partial charge < -0.3 is 9.84 Å². The number of anilines is 2. The van der Waals surface area contributed by atoms with Crippen molar-refractivity contribution in [3.05, 3.63) is 51.1 Å². The summed E-state index contributed by atoms with van der Waals surface area (Å²) in [5, 5.41) is 13.9. The van der Waals surface area contributed by atoms with E-state index in [1.807, 2.05) is 26.1 Å². The largest absolute Gasteiger partial charge is 0.481 e. The van der Waals surface area contributed by atoms with Crippen molar-refractivity contribution >= 4 is 57.0 Å². The molecule has 3 aromatic rings. The summed E-state index contributed by atoms with van der Waals surface area (Å²) >= 11 is 2.35. The second-order valence-corrected chi connectivity index (χ2v) is 11.4. The first-order valence-corrected chi connectivity index (χ1v) is 13.7. The van der Waals surface area contributed by atoms with Crippen LogP contribution in [0.5, 0.6) is 5.88 Å². The fourth-order valence-electron chi connectivity index (χ4n) is 5.01. The van der Waals surface area contributed by atoms with Crippen molar-refractivity contribution in [1.29, 1.82) is 0 Å². The number of halogens is 1. The number of pyridine rings is 1. The number of aliphatic carboxylic acids is 1. The molecule has 0 saturated heterocycles. The van der Waals surface area contributed by atoms with Gasteiger partial charge in [-0.1, -0.05) is 6.58 Å². The molecule has 2 aliphatic rings. The lowest BCUT2D eigenvalue weighted by molar-refractivity contribution is -0.143. The molecule has 0 atom stereocenters. The van der Waals surface area contributed by atoms with Crippen LogP contribution in [0.4, 0.5) is 11.5 Å². The third-order valence-electron chi connectivity index (χ3n) is 7.32. The van der Waals surface area contributed by atoms with Gasteiger partial charge in [0, 0.05) is 16.2 Å². The van der Waals surface area contributed by atoms with Crippen molar-refractivity contribution in [3.8, 4) is 5.88 Å². The monoisotopic (exact) mass is 614 g/mol. The van der Waals surface area contributed by atoms with Crippen molar-refractivity contribution < 1.29 is 19.4 Å². The minimum atomic E-state index is -0.744. The third kappa shape index (κ3) is 5.10.